The number of hydrogen-bond donors (Lipinski definition) is 1. The van der Waals surface area contributed by atoms with Gasteiger partial charge in [-0.25, -0.2) is 14.5 Å². The molecular formula is C22H23FN4O3. The number of benzene rings is 2. The van der Waals surface area contributed by atoms with Crippen molar-refractivity contribution in [2.75, 3.05) is 7.11 Å². The van der Waals surface area contributed by atoms with Gasteiger partial charge in [0.15, 0.2) is 17.3 Å². The van der Waals surface area contributed by atoms with E-state index >= 15 is 0 Å². The molecular weight excluding hydrogens is 387 g/mol. The van der Waals surface area contributed by atoms with Gasteiger partial charge < -0.3 is 4.74 Å². The van der Waals surface area contributed by atoms with Gasteiger partial charge in [-0.1, -0.05) is 32.0 Å². The number of nitrogens with one attached hydrogen (secondary N) is 1. The van der Waals surface area contributed by atoms with Crippen molar-refractivity contribution < 1.29 is 13.9 Å². The zero-order chi connectivity index (χ0) is 21.7. The van der Waals surface area contributed by atoms with Gasteiger partial charge >= 0.3 is 0 Å². The summed E-state index contributed by atoms with van der Waals surface area (Å²) in [5, 5.41) is 9.03. The second kappa shape index (κ2) is 9.30. The molecule has 0 bridgehead atoms. The lowest BCUT2D eigenvalue weighted by Crippen LogP contribution is -2.29. The van der Waals surface area contributed by atoms with Crippen LogP contribution < -0.4 is 15.7 Å². The average Bonchev–Trinajstić information content (AvgIpc) is 2.73. The third-order valence-electron chi connectivity index (χ3n) is 4.56. The van der Waals surface area contributed by atoms with Crippen molar-refractivity contribution in [1.82, 2.24) is 15.2 Å². The van der Waals surface area contributed by atoms with Crippen molar-refractivity contribution in [3.8, 4) is 5.75 Å². The number of ether oxygens (including phenoxy) is 1. The van der Waals surface area contributed by atoms with Gasteiger partial charge in [0.1, 0.15) is 0 Å². The first-order chi connectivity index (χ1) is 14.4. The van der Waals surface area contributed by atoms with E-state index in [0.29, 0.717) is 28.8 Å². The van der Waals surface area contributed by atoms with E-state index in [1.165, 1.54) is 30.1 Å². The molecule has 156 valence electrons. The number of carbonyl (C=O) groups is 1. The molecule has 3 rings (SSSR count). The summed E-state index contributed by atoms with van der Waals surface area (Å²) in [6.45, 7) is 4.52. The molecule has 1 N–H and O–H groups in total. The normalized spacial score (nSPS) is 11.4. The minimum Gasteiger partial charge on any atom is -0.494 e. The lowest BCUT2D eigenvalue weighted by molar-refractivity contribution is 0.0949. The van der Waals surface area contributed by atoms with E-state index in [1.54, 1.807) is 30.3 Å². The van der Waals surface area contributed by atoms with Crippen LogP contribution in [0, 0.1) is 11.7 Å². The zero-order valence-electron chi connectivity index (χ0n) is 17.1. The van der Waals surface area contributed by atoms with Crippen LogP contribution in [0.3, 0.4) is 0 Å². The highest BCUT2D eigenvalue weighted by Crippen LogP contribution is 2.17. The highest BCUT2D eigenvalue weighted by Gasteiger charge is 2.16. The van der Waals surface area contributed by atoms with Crippen LogP contribution in [-0.2, 0) is 6.54 Å². The average molecular weight is 410 g/mol. The van der Waals surface area contributed by atoms with Crippen molar-refractivity contribution in [2.45, 2.75) is 26.8 Å². The molecule has 0 aliphatic carbocycles. The molecule has 30 heavy (non-hydrogen) atoms. The molecule has 0 aliphatic rings. The summed E-state index contributed by atoms with van der Waals surface area (Å²) in [6, 6.07) is 11.2. The van der Waals surface area contributed by atoms with Crippen LogP contribution in [0.15, 0.2) is 52.4 Å². The zero-order valence-corrected chi connectivity index (χ0v) is 17.1. The molecule has 0 saturated carbocycles. The first kappa shape index (κ1) is 21.2. The lowest BCUT2D eigenvalue weighted by Gasteiger charge is -2.11. The fraction of sp³-hybridized carbons (Fsp3) is 0.273. The SMILES string of the molecule is COc1ccc(/C=N\NC(=O)c2nn(CCC(C)C)c(=O)c3ccccc23)cc1F. The Morgan fingerprint density at radius 1 is 1.27 bits per heavy atom. The second-order valence-electron chi connectivity index (χ2n) is 7.20. The van der Waals surface area contributed by atoms with Crippen LogP contribution in [0.25, 0.3) is 10.8 Å². The van der Waals surface area contributed by atoms with Crippen molar-refractivity contribution in [2.24, 2.45) is 11.0 Å². The number of methoxy groups -OCH3 is 1. The molecule has 3 aromatic rings. The molecule has 1 amide bonds. The van der Waals surface area contributed by atoms with Crippen LogP contribution in [0.2, 0.25) is 0 Å². The molecule has 2 aromatic carbocycles. The number of nitrogens with zero attached hydrogens (tertiary/aromatic N) is 3. The van der Waals surface area contributed by atoms with Gasteiger partial charge in [-0.15, -0.1) is 0 Å². The Kier molecular flexibility index (Phi) is 6.56. The molecule has 0 saturated heterocycles. The smallest absolute Gasteiger partial charge is 0.292 e. The third-order valence-corrected chi connectivity index (χ3v) is 4.56. The van der Waals surface area contributed by atoms with Gasteiger partial charge in [-0.2, -0.15) is 10.2 Å². The summed E-state index contributed by atoms with van der Waals surface area (Å²) in [4.78, 5) is 25.4. The predicted octanol–water partition coefficient (Wildman–Crippen LogP) is 3.35. The van der Waals surface area contributed by atoms with Gasteiger partial charge in [-0.3, -0.25) is 9.59 Å². The molecule has 0 fully saturated rings. The summed E-state index contributed by atoms with van der Waals surface area (Å²) >= 11 is 0. The lowest BCUT2D eigenvalue weighted by atomic mass is 10.1. The summed E-state index contributed by atoms with van der Waals surface area (Å²) < 4.78 is 20.0. The van der Waals surface area contributed by atoms with Gasteiger partial charge in [0.2, 0.25) is 0 Å². The monoisotopic (exact) mass is 410 g/mol. The van der Waals surface area contributed by atoms with Gasteiger partial charge in [0.05, 0.1) is 18.7 Å². The van der Waals surface area contributed by atoms with Crippen LogP contribution in [-0.4, -0.2) is 29.0 Å². The van der Waals surface area contributed by atoms with Crippen molar-refractivity contribution in [3.05, 3.63) is 69.9 Å². The first-order valence-electron chi connectivity index (χ1n) is 9.57. The Morgan fingerprint density at radius 3 is 2.67 bits per heavy atom. The van der Waals surface area contributed by atoms with Crippen molar-refractivity contribution in [1.29, 1.82) is 0 Å². The topological polar surface area (TPSA) is 85.6 Å². The Balaban J connectivity index is 1.87. The minimum atomic E-state index is -0.560. The Bertz CT molecular complexity index is 1150. The van der Waals surface area contributed by atoms with Crippen molar-refractivity contribution in [3.63, 3.8) is 0 Å². The number of carbonyl (C=O) groups excluding carboxylic acids is 1. The molecule has 0 radical (unpaired) electrons. The van der Waals surface area contributed by atoms with Crippen LogP contribution in [0.4, 0.5) is 4.39 Å². The van der Waals surface area contributed by atoms with Gasteiger partial charge in [-0.05, 0) is 42.2 Å². The van der Waals surface area contributed by atoms with Crippen molar-refractivity contribution >= 4 is 22.9 Å². The fourth-order valence-corrected chi connectivity index (χ4v) is 2.92. The summed E-state index contributed by atoms with van der Waals surface area (Å²) in [5.74, 6) is -0.583. The van der Waals surface area contributed by atoms with Gasteiger partial charge in [0.25, 0.3) is 11.5 Å². The molecule has 7 nitrogen and oxygen atoms in total. The highest BCUT2D eigenvalue weighted by molar-refractivity contribution is 6.04. The van der Waals surface area contributed by atoms with E-state index in [0.717, 1.165) is 6.42 Å². The van der Waals surface area contributed by atoms with Gasteiger partial charge in [0, 0.05) is 11.9 Å². The number of amides is 1. The maximum Gasteiger partial charge on any atom is 0.292 e. The van der Waals surface area contributed by atoms with E-state index < -0.39 is 11.7 Å². The summed E-state index contributed by atoms with van der Waals surface area (Å²) in [5.41, 5.74) is 2.72. The van der Waals surface area contributed by atoms with E-state index in [-0.39, 0.29) is 17.0 Å². The Morgan fingerprint density at radius 2 is 2.00 bits per heavy atom. The number of rotatable bonds is 7. The largest absolute Gasteiger partial charge is 0.494 e. The first-order valence-corrected chi connectivity index (χ1v) is 9.57. The fourth-order valence-electron chi connectivity index (χ4n) is 2.92. The molecule has 0 spiro atoms. The number of halogens is 1. The molecule has 8 heteroatoms. The second-order valence-corrected chi connectivity index (χ2v) is 7.20. The van der Waals surface area contributed by atoms with E-state index in [1.807, 2.05) is 0 Å². The van der Waals surface area contributed by atoms with E-state index in [9.17, 15) is 14.0 Å². The van der Waals surface area contributed by atoms with Crippen LogP contribution >= 0.6 is 0 Å². The quantitative estimate of drug-likeness (QED) is 0.478. The number of fused-ring (bicyclic) bond motifs is 1. The molecule has 0 unspecified atom stereocenters. The standard InChI is InChI=1S/C22H23FN4O3/c1-14(2)10-11-27-22(29)17-7-5-4-6-16(17)20(26-27)21(28)25-24-13-15-8-9-19(30-3)18(23)12-15/h4-9,12-14H,10-11H2,1-3H3,(H,25,28)/b24-13-. The molecule has 0 aliphatic heterocycles. The molecule has 1 aromatic heterocycles. The number of hydrogen-bond acceptors (Lipinski definition) is 5. The number of hydrazone groups is 1. The van der Waals surface area contributed by atoms with E-state index in [4.69, 9.17) is 4.74 Å². The maximum absolute atomic E-state index is 13.8. The predicted molar refractivity (Wildman–Crippen MR) is 113 cm³/mol. The Labute approximate surface area is 173 Å². The Hall–Kier alpha value is -3.55. The maximum atomic E-state index is 13.8. The summed E-state index contributed by atoms with van der Waals surface area (Å²) in [6.07, 6.45) is 2.07. The van der Waals surface area contributed by atoms with E-state index in [2.05, 4.69) is 29.5 Å². The minimum absolute atomic E-state index is 0.104. The number of aromatic nitrogens is 2. The molecule has 0 atom stereocenters. The van der Waals surface area contributed by atoms with Crippen LogP contribution in [0.5, 0.6) is 5.75 Å². The molecule has 1 heterocycles. The number of aryl methyl sites for hydroxylation is 1. The third kappa shape index (κ3) is 4.71. The highest BCUT2D eigenvalue weighted by atomic mass is 19.1. The summed E-state index contributed by atoms with van der Waals surface area (Å²) in [7, 11) is 1.38. The van der Waals surface area contributed by atoms with Crippen LogP contribution in [0.1, 0.15) is 36.3 Å².